The highest BCUT2D eigenvalue weighted by atomic mass is 19.3. The van der Waals surface area contributed by atoms with Crippen molar-refractivity contribution in [2.24, 2.45) is 0 Å². The van der Waals surface area contributed by atoms with E-state index in [4.69, 9.17) is 9.47 Å². The number of methoxy groups -OCH3 is 1. The SMILES string of the molecule is COc1cccc(NC(=O)COC(=O)c2cccc(OC(F)F)c2)c1. The minimum Gasteiger partial charge on any atom is -0.497 e. The zero-order chi connectivity index (χ0) is 18.2. The third kappa shape index (κ3) is 5.76. The van der Waals surface area contributed by atoms with Crippen LogP contribution in [0.5, 0.6) is 11.5 Å². The van der Waals surface area contributed by atoms with E-state index in [1.807, 2.05) is 0 Å². The number of nitrogens with one attached hydrogen (secondary N) is 1. The molecule has 0 spiro atoms. The van der Waals surface area contributed by atoms with E-state index < -0.39 is 25.1 Å². The number of amides is 1. The van der Waals surface area contributed by atoms with Gasteiger partial charge in [-0.05, 0) is 30.3 Å². The molecule has 0 aliphatic rings. The van der Waals surface area contributed by atoms with Crippen molar-refractivity contribution in [1.29, 1.82) is 0 Å². The number of carbonyl (C=O) groups excluding carboxylic acids is 2. The Morgan fingerprint density at radius 1 is 1.08 bits per heavy atom. The van der Waals surface area contributed by atoms with Crippen molar-refractivity contribution in [2.45, 2.75) is 6.61 Å². The second-order valence-corrected chi connectivity index (χ2v) is 4.76. The fourth-order valence-corrected chi connectivity index (χ4v) is 1.91. The summed E-state index contributed by atoms with van der Waals surface area (Å²) in [6.07, 6.45) is 0. The van der Waals surface area contributed by atoms with E-state index in [9.17, 15) is 18.4 Å². The predicted octanol–water partition coefficient (Wildman–Crippen LogP) is 3.09. The zero-order valence-electron chi connectivity index (χ0n) is 13.2. The number of benzene rings is 2. The number of hydrogen-bond donors (Lipinski definition) is 1. The average Bonchev–Trinajstić information content (AvgIpc) is 2.59. The highest BCUT2D eigenvalue weighted by Gasteiger charge is 2.13. The standard InChI is InChI=1S/C17H15F2NO5/c1-23-13-6-3-5-12(9-13)20-15(21)10-24-16(22)11-4-2-7-14(8-11)25-17(18)19/h2-9,17H,10H2,1H3,(H,20,21). The Balaban J connectivity index is 1.89. The number of hydrogen-bond acceptors (Lipinski definition) is 5. The molecular weight excluding hydrogens is 336 g/mol. The van der Waals surface area contributed by atoms with Crippen LogP contribution in [-0.4, -0.2) is 32.2 Å². The maximum atomic E-state index is 12.2. The summed E-state index contributed by atoms with van der Waals surface area (Å²) in [7, 11) is 1.49. The molecule has 0 saturated heterocycles. The van der Waals surface area contributed by atoms with Crippen molar-refractivity contribution >= 4 is 17.6 Å². The van der Waals surface area contributed by atoms with Gasteiger partial charge in [-0.2, -0.15) is 8.78 Å². The molecule has 0 aliphatic carbocycles. The number of halogens is 2. The number of esters is 1. The first-order chi connectivity index (χ1) is 12.0. The van der Waals surface area contributed by atoms with Gasteiger partial charge in [-0.3, -0.25) is 4.79 Å². The Morgan fingerprint density at radius 2 is 1.80 bits per heavy atom. The van der Waals surface area contributed by atoms with E-state index in [2.05, 4.69) is 10.1 Å². The molecule has 6 nitrogen and oxygen atoms in total. The number of carbonyl (C=O) groups is 2. The minimum atomic E-state index is -3.00. The van der Waals surface area contributed by atoms with E-state index in [0.717, 1.165) is 6.07 Å². The van der Waals surface area contributed by atoms with Crippen molar-refractivity contribution in [1.82, 2.24) is 0 Å². The number of ether oxygens (including phenoxy) is 3. The summed E-state index contributed by atoms with van der Waals surface area (Å²) in [5.41, 5.74) is 0.472. The highest BCUT2D eigenvalue weighted by Crippen LogP contribution is 2.18. The van der Waals surface area contributed by atoms with Gasteiger partial charge < -0.3 is 19.5 Å². The topological polar surface area (TPSA) is 73.9 Å². The molecule has 0 aromatic heterocycles. The summed E-state index contributed by atoms with van der Waals surface area (Å²) in [4.78, 5) is 23.7. The molecule has 0 aliphatic heterocycles. The van der Waals surface area contributed by atoms with Crippen LogP contribution in [-0.2, 0) is 9.53 Å². The number of anilines is 1. The predicted molar refractivity (Wildman–Crippen MR) is 85.0 cm³/mol. The fraction of sp³-hybridized carbons (Fsp3) is 0.176. The molecule has 0 fully saturated rings. The van der Waals surface area contributed by atoms with Gasteiger partial charge in [-0.15, -0.1) is 0 Å². The van der Waals surface area contributed by atoms with Crippen LogP contribution in [0.15, 0.2) is 48.5 Å². The van der Waals surface area contributed by atoms with Gasteiger partial charge in [0.25, 0.3) is 5.91 Å². The summed E-state index contributed by atoms with van der Waals surface area (Å²) in [6, 6.07) is 11.8. The lowest BCUT2D eigenvalue weighted by Gasteiger charge is -2.09. The van der Waals surface area contributed by atoms with Crippen LogP contribution in [0.1, 0.15) is 10.4 Å². The maximum absolute atomic E-state index is 12.2. The Kier molecular flexibility index (Phi) is 6.27. The van der Waals surface area contributed by atoms with Crippen LogP contribution in [0.2, 0.25) is 0 Å². The summed E-state index contributed by atoms with van der Waals surface area (Å²) in [5, 5.41) is 2.54. The molecular formula is C17H15F2NO5. The van der Waals surface area contributed by atoms with Crippen LogP contribution < -0.4 is 14.8 Å². The van der Waals surface area contributed by atoms with Gasteiger partial charge in [-0.1, -0.05) is 12.1 Å². The van der Waals surface area contributed by atoms with Crippen molar-refractivity contribution in [3.63, 3.8) is 0 Å². The number of alkyl halides is 2. The molecule has 0 bridgehead atoms. The smallest absolute Gasteiger partial charge is 0.387 e. The third-order valence-corrected chi connectivity index (χ3v) is 2.98. The first kappa shape index (κ1) is 18.2. The van der Waals surface area contributed by atoms with E-state index in [1.165, 1.54) is 25.3 Å². The van der Waals surface area contributed by atoms with Crippen molar-refractivity contribution in [2.75, 3.05) is 19.0 Å². The van der Waals surface area contributed by atoms with E-state index in [0.29, 0.717) is 11.4 Å². The largest absolute Gasteiger partial charge is 0.497 e. The molecule has 0 heterocycles. The molecule has 2 aromatic rings. The Hall–Kier alpha value is -3.16. The monoisotopic (exact) mass is 351 g/mol. The van der Waals surface area contributed by atoms with Crippen molar-refractivity contribution < 1.29 is 32.6 Å². The van der Waals surface area contributed by atoms with Crippen LogP contribution in [0.25, 0.3) is 0 Å². The van der Waals surface area contributed by atoms with Gasteiger partial charge in [0.2, 0.25) is 0 Å². The lowest BCUT2D eigenvalue weighted by atomic mass is 10.2. The lowest BCUT2D eigenvalue weighted by Crippen LogP contribution is -2.21. The first-order valence-electron chi connectivity index (χ1n) is 7.14. The second kappa shape index (κ2) is 8.62. The van der Waals surface area contributed by atoms with Crippen LogP contribution in [0, 0.1) is 0 Å². The molecule has 2 aromatic carbocycles. The van der Waals surface area contributed by atoms with E-state index >= 15 is 0 Å². The zero-order valence-corrected chi connectivity index (χ0v) is 13.2. The van der Waals surface area contributed by atoms with Gasteiger partial charge in [0.05, 0.1) is 12.7 Å². The first-order valence-corrected chi connectivity index (χ1v) is 7.14. The van der Waals surface area contributed by atoms with Crippen LogP contribution in [0.4, 0.5) is 14.5 Å². The molecule has 0 atom stereocenters. The normalized spacial score (nSPS) is 10.2. The van der Waals surface area contributed by atoms with Gasteiger partial charge in [0.1, 0.15) is 11.5 Å². The molecule has 132 valence electrons. The molecule has 2 rings (SSSR count). The van der Waals surface area contributed by atoms with E-state index in [1.54, 1.807) is 24.3 Å². The molecule has 0 saturated carbocycles. The summed E-state index contributed by atoms with van der Waals surface area (Å²) >= 11 is 0. The number of rotatable bonds is 7. The third-order valence-electron chi connectivity index (χ3n) is 2.98. The fourth-order valence-electron chi connectivity index (χ4n) is 1.91. The summed E-state index contributed by atoms with van der Waals surface area (Å²) in [5.74, 6) is -1.00. The molecule has 8 heteroatoms. The minimum absolute atomic E-state index is 0.00710. The summed E-state index contributed by atoms with van der Waals surface area (Å²) in [6.45, 7) is -3.53. The maximum Gasteiger partial charge on any atom is 0.387 e. The molecule has 0 radical (unpaired) electrons. The van der Waals surface area contributed by atoms with Crippen LogP contribution in [0.3, 0.4) is 0 Å². The molecule has 0 unspecified atom stereocenters. The van der Waals surface area contributed by atoms with Gasteiger partial charge in [0, 0.05) is 11.8 Å². The Labute approximate surface area is 142 Å². The molecule has 1 amide bonds. The lowest BCUT2D eigenvalue weighted by molar-refractivity contribution is -0.119. The van der Waals surface area contributed by atoms with Gasteiger partial charge in [0.15, 0.2) is 6.61 Å². The average molecular weight is 351 g/mol. The molecule has 25 heavy (non-hydrogen) atoms. The van der Waals surface area contributed by atoms with Gasteiger partial charge >= 0.3 is 12.6 Å². The summed E-state index contributed by atoms with van der Waals surface area (Å²) < 4.78 is 38.4. The second-order valence-electron chi connectivity index (χ2n) is 4.76. The van der Waals surface area contributed by atoms with E-state index in [-0.39, 0.29) is 11.3 Å². The Morgan fingerprint density at radius 3 is 2.52 bits per heavy atom. The van der Waals surface area contributed by atoms with Crippen LogP contribution >= 0.6 is 0 Å². The van der Waals surface area contributed by atoms with Crippen molar-refractivity contribution in [3.05, 3.63) is 54.1 Å². The van der Waals surface area contributed by atoms with Crippen molar-refractivity contribution in [3.8, 4) is 11.5 Å². The highest BCUT2D eigenvalue weighted by molar-refractivity contribution is 5.95. The Bertz CT molecular complexity index is 751. The quantitative estimate of drug-likeness (QED) is 0.776. The van der Waals surface area contributed by atoms with Gasteiger partial charge in [-0.25, -0.2) is 4.79 Å². The molecule has 1 N–H and O–H groups in total.